The van der Waals surface area contributed by atoms with E-state index < -0.39 is 11.6 Å². The average molecular weight is 226 g/mol. The van der Waals surface area contributed by atoms with Gasteiger partial charge < -0.3 is 0 Å². The fourth-order valence-electron chi connectivity index (χ4n) is 2.17. The molecule has 0 bridgehead atoms. The molecule has 1 aliphatic rings. The van der Waals surface area contributed by atoms with Gasteiger partial charge in [-0.1, -0.05) is 6.92 Å². The number of hydrogen-bond donors (Lipinski definition) is 2. The summed E-state index contributed by atoms with van der Waals surface area (Å²) in [5.41, 5.74) is 2.92. The third kappa shape index (κ3) is 2.23. The molecule has 4 heteroatoms. The number of nitrogens with one attached hydrogen (secondary N) is 1. The lowest BCUT2D eigenvalue weighted by atomic mass is 9.91. The second-order valence-corrected chi connectivity index (χ2v) is 4.51. The van der Waals surface area contributed by atoms with E-state index in [1.165, 1.54) is 6.07 Å². The van der Waals surface area contributed by atoms with Gasteiger partial charge in [0.2, 0.25) is 0 Å². The Bertz CT molecular complexity index is 377. The summed E-state index contributed by atoms with van der Waals surface area (Å²) >= 11 is 0. The first kappa shape index (κ1) is 11.5. The number of halogens is 2. The molecule has 0 amide bonds. The van der Waals surface area contributed by atoms with Crippen molar-refractivity contribution in [3.63, 3.8) is 0 Å². The van der Waals surface area contributed by atoms with Crippen LogP contribution in [0.4, 0.5) is 8.78 Å². The molecule has 0 aliphatic heterocycles. The molecule has 88 valence electrons. The van der Waals surface area contributed by atoms with Crippen molar-refractivity contribution >= 4 is 0 Å². The minimum atomic E-state index is -0.431. The summed E-state index contributed by atoms with van der Waals surface area (Å²) in [6, 6.07) is 3.17. The van der Waals surface area contributed by atoms with Crippen molar-refractivity contribution < 1.29 is 8.78 Å². The van der Waals surface area contributed by atoms with Gasteiger partial charge in [-0.2, -0.15) is 0 Å². The normalized spacial score (nSPS) is 19.5. The zero-order valence-corrected chi connectivity index (χ0v) is 9.21. The molecule has 16 heavy (non-hydrogen) atoms. The highest BCUT2D eigenvalue weighted by atomic mass is 19.1. The van der Waals surface area contributed by atoms with Crippen molar-refractivity contribution in [3.8, 4) is 0 Å². The quantitative estimate of drug-likeness (QED) is 0.611. The van der Waals surface area contributed by atoms with Crippen LogP contribution in [0.15, 0.2) is 18.2 Å². The molecule has 2 atom stereocenters. The van der Waals surface area contributed by atoms with E-state index in [-0.39, 0.29) is 12.0 Å². The number of benzene rings is 1. The van der Waals surface area contributed by atoms with Crippen LogP contribution in [0, 0.1) is 23.5 Å². The van der Waals surface area contributed by atoms with E-state index in [0.29, 0.717) is 11.5 Å². The van der Waals surface area contributed by atoms with Crippen molar-refractivity contribution in [2.24, 2.45) is 17.7 Å². The summed E-state index contributed by atoms with van der Waals surface area (Å²) in [4.78, 5) is 0. The molecular formula is C12H16F2N2. The van der Waals surface area contributed by atoms with Gasteiger partial charge in [0.15, 0.2) is 0 Å². The molecule has 0 saturated heterocycles. The van der Waals surface area contributed by atoms with Gasteiger partial charge in [-0.25, -0.2) is 8.78 Å². The van der Waals surface area contributed by atoms with Gasteiger partial charge in [0.05, 0.1) is 6.04 Å². The lowest BCUT2D eigenvalue weighted by molar-refractivity contribution is 0.343. The SMILES string of the molecule is CC(C1CC1)C(NN)c1cc(F)ccc1F. The van der Waals surface area contributed by atoms with Crippen molar-refractivity contribution in [3.05, 3.63) is 35.4 Å². The lowest BCUT2D eigenvalue weighted by Crippen LogP contribution is -2.34. The third-order valence-electron chi connectivity index (χ3n) is 3.36. The van der Waals surface area contributed by atoms with Gasteiger partial charge in [-0.15, -0.1) is 0 Å². The summed E-state index contributed by atoms with van der Waals surface area (Å²) < 4.78 is 26.7. The van der Waals surface area contributed by atoms with Crippen molar-refractivity contribution in [2.75, 3.05) is 0 Å². The number of hydrazine groups is 1. The predicted molar refractivity (Wildman–Crippen MR) is 58.3 cm³/mol. The molecular weight excluding hydrogens is 210 g/mol. The summed E-state index contributed by atoms with van der Waals surface area (Å²) in [5.74, 6) is 5.41. The van der Waals surface area contributed by atoms with Crippen LogP contribution in [0.25, 0.3) is 0 Å². The smallest absolute Gasteiger partial charge is 0.128 e. The Morgan fingerprint density at radius 3 is 2.62 bits per heavy atom. The maximum Gasteiger partial charge on any atom is 0.128 e. The second kappa shape index (κ2) is 4.47. The zero-order chi connectivity index (χ0) is 11.7. The Hall–Kier alpha value is -1.00. The van der Waals surface area contributed by atoms with Crippen LogP contribution in [0.3, 0.4) is 0 Å². The predicted octanol–water partition coefficient (Wildman–Crippen LogP) is 2.52. The Balaban J connectivity index is 2.27. The first-order valence-corrected chi connectivity index (χ1v) is 5.54. The zero-order valence-electron chi connectivity index (χ0n) is 9.21. The molecule has 0 spiro atoms. The van der Waals surface area contributed by atoms with Gasteiger partial charge in [-0.3, -0.25) is 11.3 Å². The van der Waals surface area contributed by atoms with E-state index in [4.69, 9.17) is 5.84 Å². The van der Waals surface area contributed by atoms with E-state index >= 15 is 0 Å². The van der Waals surface area contributed by atoms with Crippen LogP contribution < -0.4 is 11.3 Å². The van der Waals surface area contributed by atoms with Crippen LogP contribution in [0.1, 0.15) is 31.4 Å². The van der Waals surface area contributed by atoms with Crippen molar-refractivity contribution in [2.45, 2.75) is 25.8 Å². The topological polar surface area (TPSA) is 38.0 Å². The van der Waals surface area contributed by atoms with E-state index in [2.05, 4.69) is 5.43 Å². The van der Waals surface area contributed by atoms with Crippen LogP contribution in [-0.2, 0) is 0 Å². The fourth-order valence-corrected chi connectivity index (χ4v) is 2.17. The van der Waals surface area contributed by atoms with Crippen LogP contribution in [-0.4, -0.2) is 0 Å². The van der Waals surface area contributed by atoms with Gasteiger partial charge >= 0.3 is 0 Å². The third-order valence-corrected chi connectivity index (χ3v) is 3.36. The van der Waals surface area contributed by atoms with E-state index in [9.17, 15) is 8.78 Å². The van der Waals surface area contributed by atoms with Gasteiger partial charge in [0, 0.05) is 5.56 Å². The van der Waals surface area contributed by atoms with Gasteiger partial charge in [-0.05, 0) is 42.9 Å². The van der Waals surface area contributed by atoms with Gasteiger partial charge in [0.25, 0.3) is 0 Å². The molecule has 1 aromatic rings. The van der Waals surface area contributed by atoms with E-state index in [0.717, 1.165) is 25.0 Å². The summed E-state index contributed by atoms with van der Waals surface area (Å²) in [6.07, 6.45) is 2.30. The highest BCUT2D eigenvalue weighted by Gasteiger charge is 2.34. The number of rotatable bonds is 4. The van der Waals surface area contributed by atoms with E-state index in [1.54, 1.807) is 0 Å². The maximum absolute atomic E-state index is 13.6. The molecule has 1 aliphatic carbocycles. The monoisotopic (exact) mass is 226 g/mol. The highest BCUT2D eigenvalue weighted by Crippen LogP contribution is 2.42. The largest absolute Gasteiger partial charge is 0.271 e. The molecule has 0 aromatic heterocycles. The van der Waals surface area contributed by atoms with E-state index in [1.807, 2.05) is 6.92 Å². The first-order valence-electron chi connectivity index (χ1n) is 5.54. The standard InChI is InChI=1S/C12H16F2N2/c1-7(8-2-3-8)12(16-15)10-6-9(13)4-5-11(10)14/h4-8,12,16H,2-3,15H2,1H3. The Kier molecular flexibility index (Phi) is 3.21. The molecule has 1 fully saturated rings. The molecule has 2 rings (SSSR count). The summed E-state index contributed by atoms with van der Waals surface area (Å²) in [5, 5.41) is 0. The summed E-state index contributed by atoms with van der Waals surface area (Å²) in [6.45, 7) is 2.02. The van der Waals surface area contributed by atoms with Crippen LogP contribution in [0.2, 0.25) is 0 Å². The van der Waals surface area contributed by atoms with Crippen LogP contribution >= 0.6 is 0 Å². The molecule has 0 heterocycles. The fraction of sp³-hybridized carbons (Fsp3) is 0.500. The molecule has 2 nitrogen and oxygen atoms in total. The summed E-state index contributed by atoms with van der Waals surface area (Å²) in [7, 11) is 0. The Morgan fingerprint density at radius 1 is 1.38 bits per heavy atom. The molecule has 1 saturated carbocycles. The second-order valence-electron chi connectivity index (χ2n) is 4.51. The molecule has 2 unspecified atom stereocenters. The van der Waals surface area contributed by atoms with Crippen molar-refractivity contribution in [1.82, 2.24) is 5.43 Å². The number of hydrogen-bond acceptors (Lipinski definition) is 2. The molecule has 1 aromatic carbocycles. The highest BCUT2D eigenvalue weighted by molar-refractivity contribution is 5.23. The maximum atomic E-state index is 13.6. The average Bonchev–Trinajstić information content (AvgIpc) is 3.07. The number of nitrogens with two attached hydrogens (primary N) is 1. The van der Waals surface area contributed by atoms with Gasteiger partial charge in [0.1, 0.15) is 11.6 Å². The minimum Gasteiger partial charge on any atom is -0.271 e. The Morgan fingerprint density at radius 2 is 2.06 bits per heavy atom. The molecule has 0 radical (unpaired) electrons. The minimum absolute atomic E-state index is 0.223. The van der Waals surface area contributed by atoms with Crippen molar-refractivity contribution in [1.29, 1.82) is 0 Å². The first-order chi connectivity index (χ1) is 7.63. The lowest BCUT2D eigenvalue weighted by Gasteiger charge is -2.24. The Labute approximate surface area is 93.8 Å². The molecule has 3 N–H and O–H groups in total. The van der Waals surface area contributed by atoms with Crippen LogP contribution in [0.5, 0.6) is 0 Å².